The summed E-state index contributed by atoms with van der Waals surface area (Å²) in [7, 11) is -3.91. The summed E-state index contributed by atoms with van der Waals surface area (Å²) in [6.07, 6.45) is 0.833. The van der Waals surface area contributed by atoms with E-state index in [-0.39, 0.29) is 21.7 Å². The molecule has 0 aliphatic heterocycles. The Morgan fingerprint density at radius 3 is 2.26 bits per heavy atom. The normalized spacial score (nSPS) is 11.6. The molecule has 0 bridgehead atoms. The van der Waals surface area contributed by atoms with Gasteiger partial charge in [-0.3, -0.25) is 0 Å². The number of benzene rings is 4. The van der Waals surface area contributed by atoms with Crippen LogP contribution in [0.4, 0.5) is 5.88 Å². The first kappa shape index (κ1) is 21.9. The van der Waals surface area contributed by atoms with E-state index in [1.54, 1.807) is 12.1 Å². The van der Waals surface area contributed by atoms with E-state index in [9.17, 15) is 8.42 Å². The second-order valence-corrected chi connectivity index (χ2v) is 9.89. The molecule has 1 N–H and O–H groups in total. The number of rotatable bonds is 7. The average molecular weight is 469 g/mol. The van der Waals surface area contributed by atoms with Crippen molar-refractivity contribution in [2.75, 3.05) is 5.32 Å². The monoisotopic (exact) mass is 468 g/mol. The van der Waals surface area contributed by atoms with Gasteiger partial charge in [-0.2, -0.15) is 4.98 Å². The van der Waals surface area contributed by atoms with Crippen LogP contribution in [0, 0.1) is 0 Å². The minimum Gasteiger partial charge on any atom is -0.419 e. The second kappa shape index (κ2) is 9.15. The fraction of sp³-hybridized carbons (Fsp3) is 0.107. The molecule has 0 fully saturated rings. The van der Waals surface area contributed by atoms with Gasteiger partial charge >= 0.3 is 0 Å². The van der Waals surface area contributed by atoms with E-state index >= 15 is 0 Å². The van der Waals surface area contributed by atoms with Crippen LogP contribution in [0.5, 0.6) is 0 Å². The molecule has 0 spiro atoms. The largest absolute Gasteiger partial charge is 0.419 e. The van der Waals surface area contributed by atoms with Crippen LogP contribution in [0.25, 0.3) is 22.2 Å². The summed E-state index contributed by atoms with van der Waals surface area (Å²) in [5.41, 5.74) is 2.81. The first-order valence-electron chi connectivity index (χ1n) is 11.2. The molecule has 5 rings (SSSR count). The van der Waals surface area contributed by atoms with Gasteiger partial charge in [0, 0.05) is 12.1 Å². The Kier molecular flexibility index (Phi) is 5.90. The van der Waals surface area contributed by atoms with Gasteiger partial charge in [-0.15, -0.1) is 0 Å². The molecule has 170 valence electrons. The minimum atomic E-state index is -3.91. The molecule has 6 heteroatoms. The molecular formula is C28H24N2O3S. The summed E-state index contributed by atoms with van der Waals surface area (Å²) in [5, 5.41) is 5.01. The average Bonchev–Trinajstić information content (AvgIpc) is 3.33. The van der Waals surface area contributed by atoms with Crippen molar-refractivity contribution >= 4 is 26.5 Å². The molecule has 0 unspecified atom stereocenters. The number of fused-ring (bicyclic) bond motifs is 1. The number of nitrogens with zero attached hydrogens (tertiary/aromatic N) is 1. The molecule has 0 saturated heterocycles. The topological polar surface area (TPSA) is 72.2 Å². The van der Waals surface area contributed by atoms with Crippen LogP contribution in [0.3, 0.4) is 0 Å². The molecule has 5 aromatic rings. The number of aromatic nitrogens is 1. The highest BCUT2D eigenvalue weighted by Crippen LogP contribution is 2.35. The summed E-state index contributed by atoms with van der Waals surface area (Å²) in [6.45, 7) is 2.44. The maximum atomic E-state index is 13.6. The Hall–Kier alpha value is -3.90. The Bertz CT molecular complexity index is 1530. The number of anilines is 1. The molecular weight excluding hydrogens is 444 g/mol. The molecule has 1 heterocycles. The van der Waals surface area contributed by atoms with Crippen LogP contribution < -0.4 is 5.32 Å². The Morgan fingerprint density at radius 1 is 0.794 bits per heavy atom. The summed E-state index contributed by atoms with van der Waals surface area (Å²) >= 11 is 0. The molecule has 4 aromatic carbocycles. The molecule has 5 nitrogen and oxygen atoms in total. The zero-order chi connectivity index (χ0) is 23.5. The van der Waals surface area contributed by atoms with Gasteiger partial charge in [0.15, 0.2) is 0 Å². The fourth-order valence-corrected chi connectivity index (χ4v) is 5.20. The van der Waals surface area contributed by atoms with E-state index in [4.69, 9.17) is 4.42 Å². The highest BCUT2D eigenvalue weighted by atomic mass is 32.2. The van der Waals surface area contributed by atoms with Gasteiger partial charge in [-0.05, 0) is 46.5 Å². The maximum Gasteiger partial charge on any atom is 0.234 e. The van der Waals surface area contributed by atoms with E-state index in [1.165, 1.54) is 0 Å². The van der Waals surface area contributed by atoms with E-state index in [0.717, 1.165) is 33.9 Å². The van der Waals surface area contributed by atoms with Crippen molar-refractivity contribution in [3.63, 3.8) is 0 Å². The molecule has 0 saturated carbocycles. The number of oxazole rings is 1. The van der Waals surface area contributed by atoms with Crippen molar-refractivity contribution < 1.29 is 12.8 Å². The van der Waals surface area contributed by atoms with Crippen molar-refractivity contribution in [3.05, 3.63) is 108 Å². The van der Waals surface area contributed by atoms with Crippen LogP contribution in [-0.2, 0) is 22.8 Å². The zero-order valence-corrected chi connectivity index (χ0v) is 19.5. The molecule has 0 atom stereocenters. The third kappa shape index (κ3) is 4.20. The van der Waals surface area contributed by atoms with Crippen LogP contribution in [0.15, 0.2) is 111 Å². The Labute approximate surface area is 199 Å². The molecule has 0 radical (unpaired) electrons. The molecule has 34 heavy (non-hydrogen) atoms. The number of hydrogen-bond acceptors (Lipinski definition) is 5. The van der Waals surface area contributed by atoms with E-state index in [2.05, 4.69) is 10.3 Å². The summed E-state index contributed by atoms with van der Waals surface area (Å²) in [4.78, 5) is 4.70. The predicted octanol–water partition coefficient (Wildman–Crippen LogP) is 6.50. The zero-order valence-electron chi connectivity index (χ0n) is 18.7. The van der Waals surface area contributed by atoms with E-state index < -0.39 is 9.84 Å². The molecule has 0 amide bonds. The summed E-state index contributed by atoms with van der Waals surface area (Å²) < 4.78 is 33.3. The highest BCUT2D eigenvalue weighted by molar-refractivity contribution is 7.91. The van der Waals surface area contributed by atoms with Crippen LogP contribution >= 0.6 is 0 Å². The standard InChI is InChI=1S/C28H24N2O3S/c1-2-20-15-17-23(18-16-20)34(31,32)28-27(29-19-21-9-4-3-5-10-21)33-26(30-28)25-14-8-12-22-11-6-7-13-24(22)25/h3-18,29H,2,19H2,1H3. The van der Waals surface area contributed by atoms with Crippen LogP contribution in [0.2, 0.25) is 0 Å². The lowest BCUT2D eigenvalue weighted by atomic mass is 10.0. The Morgan fingerprint density at radius 2 is 1.50 bits per heavy atom. The predicted molar refractivity (Wildman–Crippen MR) is 134 cm³/mol. The number of hydrogen-bond donors (Lipinski definition) is 1. The third-order valence-electron chi connectivity index (χ3n) is 5.81. The quantitative estimate of drug-likeness (QED) is 0.295. The van der Waals surface area contributed by atoms with Gasteiger partial charge in [0.05, 0.1) is 4.90 Å². The van der Waals surface area contributed by atoms with Crippen molar-refractivity contribution in [1.82, 2.24) is 4.98 Å². The lowest BCUT2D eigenvalue weighted by Crippen LogP contribution is -2.07. The SMILES string of the molecule is CCc1ccc(S(=O)(=O)c2nc(-c3cccc4ccccc34)oc2NCc2ccccc2)cc1. The van der Waals surface area contributed by atoms with Gasteiger partial charge in [0.25, 0.3) is 0 Å². The summed E-state index contributed by atoms with van der Waals surface area (Å²) in [6, 6.07) is 30.3. The van der Waals surface area contributed by atoms with Crippen molar-refractivity contribution in [2.24, 2.45) is 0 Å². The third-order valence-corrected chi connectivity index (χ3v) is 7.49. The molecule has 0 aliphatic rings. The van der Waals surface area contributed by atoms with Crippen molar-refractivity contribution in [1.29, 1.82) is 0 Å². The minimum absolute atomic E-state index is 0.115. The smallest absolute Gasteiger partial charge is 0.234 e. The van der Waals surface area contributed by atoms with Gasteiger partial charge in [0.2, 0.25) is 26.6 Å². The van der Waals surface area contributed by atoms with E-state index in [0.29, 0.717) is 6.54 Å². The second-order valence-electron chi connectivity index (χ2n) is 8.02. The lowest BCUT2D eigenvalue weighted by Gasteiger charge is -2.07. The van der Waals surface area contributed by atoms with E-state index in [1.807, 2.05) is 91.9 Å². The number of sulfone groups is 1. The van der Waals surface area contributed by atoms with Gasteiger partial charge in [0.1, 0.15) is 0 Å². The lowest BCUT2D eigenvalue weighted by molar-refractivity contribution is 0.577. The highest BCUT2D eigenvalue weighted by Gasteiger charge is 2.29. The fourth-order valence-electron chi connectivity index (χ4n) is 3.92. The first-order chi connectivity index (χ1) is 16.6. The molecule has 1 aromatic heterocycles. The number of nitrogens with one attached hydrogen (secondary N) is 1. The van der Waals surface area contributed by atoms with Crippen molar-refractivity contribution in [2.45, 2.75) is 29.8 Å². The molecule has 0 aliphatic carbocycles. The first-order valence-corrected chi connectivity index (χ1v) is 12.7. The summed E-state index contributed by atoms with van der Waals surface area (Å²) in [5.74, 6) is 0.391. The van der Waals surface area contributed by atoms with Gasteiger partial charge in [-0.25, -0.2) is 8.42 Å². The Balaban J connectivity index is 1.62. The van der Waals surface area contributed by atoms with Crippen molar-refractivity contribution in [3.8, 4) is 11.5 Å². The number of aryl methyl sites for hydroxylation is 1. The van der Waals surface area contributed by atoms with Crippen LogP contribution in [0.1, 0.15) is 18.1 Å². The van der Waals surface area contributed by atoms with Gasteiger partial charge < -0.3 is 9.73 Å². The maximum absolute atomic E-state index is 13.6. The van der Waals surface area contributed by atoms with Gasteiger partial charge in [-0.1, -0.05) is 85.8 Å². The van der Waals surface area contributed by atoms with Crippen LogP contribution in [-0.4, -0.2) is 13.4 Å².